The summed E-state index contributed by atoms with van der Waals surface area (Å²) in [5.41, 5.74) is 1.36. The molecule has 1 aromatic carbocycles. The minimum Gasteiger partial charge on any atom is -0.454 e. The first-order chi connectivity index (χ1) is 15.7. The van der Waals surface area contributed by atoms with E-state index in [2.05, 4.69) is 29.0 Å². The second kappa shape index (κ2) is 14.4. The number of hydrogen-bond donors (Lipinski definition) is 0. The molecule has 0 atom stereocenters. The van der Waals surface area contributed by atoms with Gasteiger partial charge in [-0.25, -0.2) is 0 Å². The van der Waals surface area contributed by atoms with Gasteiger partial charge in [-0.1, -0.05) is 70.3 Å². The number of rotatable bonds is 15. The molecule has 2 aliphatic heterocycles. The SMILES string of the molecule is CN1CCN(C(=O)CCCCCCCCCCCCCCc2ccc3c(c2)OCO3)CC1. The fourth-order valence-electron chi connectivity index (χ4n) is 4.68. The molecule has 1 fully saturated rings. The molecule has 5 heteroatoms. The summed E-state index contributed by atoms with van der Waals surface area (Å²) in [6.07, 6.45) is 17.6. The quantitative estimate of drug-likeness (QED) is 0.321. The monoisotopic (exact) mass is 444 g/mol. The Labute approximate surface area is 195 Å². The predicted octanol–water partition coefficient (Wildman–Crippen LogP) is 5.80. The van der Waals surface area contributed by atoms with Crippen molar-refractivity contribution in [3.05, 3.63) is 23.8 Å². The van der Waals surface area contributed by atoms with Gasteiger partial charge in [0.25, 0.3) is 0 Å². The van der Waals surface area contributed by atoms with E-state index >= 15 is 0 Å². The van der Waals surface area contributed by atoms with Crippen LogP contribution in [0.2, 0.25) is 0 Å². The number of likely N-dealkylation sites (N-methyl/N-ethyl adjacent to an activating group) is 1. The predicted molar refractivity (Wildman–Crippen MR) is 130 cm³/mol. The Morgan fingerprint density at radius 3 is 1.97 bits per heavy atom. The Kier molecular flexibility index (Phi) is 11.2. The first kappa shape index (κ1) is 24.9. The lowest BCUT2D eigenvalue weighted by Crippen LogP contribution is -2.47. The number of ether oxygens (including phenoxy) is 2. The second-order valence-electron chi connectivity index (χ2n) is 9.61. The highest BCUT2D eigenvalue weighted by molar-refractivity contribution is 5.76. The number of hydrogen-bond acceptors (Lipinski definition) is 4. The topological polar surface area (TPSA) is 42.0 Å². The van der Waals surface area contributed by atoms with Crippen LogP contribution in [0, 0.1) is 0 Å². The van der Waals surface area contributed by atoms with Crippen LogP contribution in [0.5, 0.6) is 11.5 Å². The van der Waals surface area contributed by atoms with Crippen molar-refractivity contribution >= 4 is 5.91 Å². The maximum absolute atomic E-state index is 12.2. The molecule has 1 amide bonds. The maximum Gasteiger partial charge on any atom is 0.231 e. The molecule has 0 aromatic heterocycles. The number of aryl methyl sites for hydroxylation is 1. The summed E-state index contributed by atoms with van der Waals surface area (Å²) in [4.78, 5) is 16.6. The molecule has 0 N–H and O–H groups in total. The second-order valence-corrected chi connectivity index (χ2v) is 9.61. The van der Waals surface area contributed by atoms with Gasteiger partial charge in [0.2, 0.25) is 12.7 Å². The van der Waals surface area contributed by atoms with E-state index in [4.69, 9.17) is 9.47 Å². The summed E-state index contributed by atoms with van der Waals surface area (Å²) >= 11 is 0. The van der Waals surface area contributed by atoms with Crippen LogP contribution in [0.4, 0.5) is 0 Å². The molecule has 0 bridgehead atoms. The Balaban J connectivity index is 1.05. The Hall–Kier alpha value is -1.75. The highest BCUT2D eigenvalue weighted by Crippen LogP contribution is 2.32. The van der Waals surface area contributed by atoms with Crippen LogP contribution in [0.3, 0.4) is 0 Å². The molecule has 2 heterocycles. The number of unbranched alkanes of at least 4 members (excludes halogenated alkanes) is 11. The van der Waals surface area contributed by atoms with E-state index in [1.165, 1.54) is 76.2 Å². The first-order valence-corrected chi connectivity index (χ1v) is 13.1. The molecule has 0 spiro atoms. The van der Waals surface area contributed by atoms with Crippen LogP contribution in [0.15, 0.2) is 18.2 Å². The third-order valence-corrected chi connectivity index (χ3v) is 6.90. The van der Waals surface area contributed by atoms with Crippen molar-refractivity contribution < 1.29 is 14.3 Å². The summed E-state index contributed by atoms with van der Waals surface area (Å²) in [7, 11) is 2.13. The van der Waals surface area contributed by atoms with Crippen molar-refractivity contribution in [2.75, 3.05) is 40.0 Å². The van der Waals surface area contributed by atoms with Gasteiger partial charge in [0.15, 0.2) is 11.5 Å². The Bertz CT molecular complexity index is 671. The summed E-state index contributed by atoms with van der Waals surface area (Å²) in [6.45, 7) is 4.22. The lowest BCUT2D eigenvalue weighted by Gasteiger charge is -2.32. The minimum atomic E-state index is 0.358. The summed E-state index contributed by atoms with van der Waals surface area (Å²) in [6, 6.07) is 6.33. The van der Waals surface area contributed by atoms with E-state index < -0.39 is 0 Å². The van der Waals surface area contributed by atoms with Crippen LogP contribution in [-0.4, -0.2) is 55.7 Å². The van der Waals surface area contributed by atoms with Crippen LogP contribution < -0.4 is 9.47 Å². The van der Waals surface area contributed by atoms with Crippen LogP contribution in [0.25, 0.3) is 0 Å². The third-order valence-electron chi connectivity index (χ3n) is 6.90. The fraction of sp³-hybridized carbons (Fsp3) is 0.741. The largest absolute Gasteiger partial charge is 0.454 e. The van der Waals surface area contributed by atoms with E-state index in [-0.39, 0.29) is 0 Å². The Morgan fingerprint density at radius 1 is 0.750 bits per heavy atom. The molecule has 2 aliphatic rings. The van der Waals surface area contributed by atoms with Crippen LogP contribution >= 0.6 is 0 Å². The molecule has 0 saturated carbocycles. The summed E-state index contributed by atoms with van der Waals surface area (Å²) in [5, 5.41) is 0. The average molecular weight is 445 g/mol. The van der Waals surface area contributed by atoms with Crippen molar-refractivity contribution in [2.45, 2.75) is 89.9 Å². The van der Waals surface area contributed by atoms with E-state index in [1.54, 1.807) is 0 Å². The van der Waals surface area contributed by atoms with E-state index in [1.807, 2.05) is 6.07 Å². The van der Waals surface area contributed by atoms with Gasteiger partial charge in [0.1, 0.15) is 0 Å². The van der Waals surface area contributed by atoms with Crippen molar-refractivity contribution in [2.24, 2.45) is 0 Å². The molecule has 3 rings (SSSR count). The standard InChI is InChI=1S/C27H44N2O3/c1-28-18-20-29(21-19-28)27(30)15-13-11-9-7-5-3-2-4-6-8-10-12-14-24-16-17-25-26(22-24)32-23-31-25/h16-17,22H,2-15,18-21,23H2,1H3. The molecule has 180 valence electrons. The van der Waals surface area contributed by atoms with Crippen LogP contribution in [-0.2, 0) is 11.2 Å². The first-order valence-electron chi connectivity index (χ1n) is 13.1. The lowest BCUT2D eigenvalue weighted by molar-refractivity contribution is -0.132. The van der Waals surface area contributed by atoms with Crippen molar-refractivity contribution in [3.8, 4) is 11.5 Å². The van der Waals surface area contributed by atoms with Crippen molar-refractivity contribution in [1.82, 2.24) is 9.80 Å². The van der Waals surface area contributed by atoms with Gasteiger partial charge in [-0.15, -0.1) is 0 Å². The average Bonchev–Trinajstić information content (AvgIpc) is 3.27. The fourth-order valence-corrected chi connectivity index (χ4v) is 4.68. The van der Waals surface area contributed by atoms with E-state index in [0.717, 1.165) is 56.9 Å². The highest BCUT2D eigenvalue weighted by Gasteiger charge is 2.18. The van der Waals surface area contributed by atoms with Gasteiger partial charge in [0.05, 0.1) is 0 Å². The zero-order chi connectivity index (χ0) is 22.4. The lowest BCUT2D eigenvalue weighted by atomic mass is 10.0. The van der Waals surface area contributed by atoms with Gasteiger partial charge in [0, 0.05) is 32.6 Å². The molecule has 0 aliphatic carbocycles. The molecule has 0 radical (unpaired) electrons. The number of amides is 1. The number of fused-ring (bicyclic) bond motifs is 1. The van der Waals surface area contributed by atoms with E-state index in [9.17, 15) is 4.79 Å². The number of carbonyl (C=O) groups is 1. The highest BCUT2D eigenvalue weighted by atomic mass is 16.7. The Morgan fingerprint density at radius 2 is 1.31 bits per heavy atom. The van der Waals surface area contributed by atoms with Crippen LogP contribution in [0.1, 0.15) is 89.0 Å². The number of carbonyl (C=O) groups excluding carboxylic acids is 1. The van der Waals surface area contributed by atoms with E-state index in [0.29, 0.717) is 12.7 Å². The minimum absolute atomic E-state index is 0.358. The van der Waals surface area contributed by atoms with Crippen molar-refractivity contribution in [1.29, 1.82) is 0 Å². The summed E-state index contributed by atoms with van der Waals surface area (Å²) < 4.78 is 10.8. The molecule has 32 heavy (non-hydrogen) atoms. The van der Waals surface area contributed by atoms with Gasteiger partial charge >= 0.3 is 0 Å². The van der Waals surface area contributed by atoms with Crippen molar-refractivity contribution in [3.63, 3.8) is 0 Å². The molecular formula is C27H44N2O3. The molecular weight excluding hydrogens is 400 g/mol. The van der Waals surface area contributed by atoms with Gasteiger partial charge in [-0.05, 0) is 44.0 Å². The summed E-state index contributed by atoms with van der Waals surface area (Å²) in [5.74, 6) is 2.15. The smallest absolute Gasteiger partial charge is 0.231 e. The molecule has 1 aromatic rings. The normalized spacial score (nSPS) is 16.0. The van der Waals surface area contributed by atoms with Gasteiger partial charge < -0.3 is 19.3 Å². The van der Waals surface area contributed by atoms with Gasteiger partial charge in [-0.3, -0.25) is 4.79 Å². The number of piperazine rings is 1. The molecule has 0 unspecified atom stereocenters. The zero-order valence-electron chi connectivity index (χ0n) is 20.3. The molecule has 1 saturated heterocycles. The van der Waals surface area contributed by atoms with Gasteiger partial charge in [-0.2, -0.15) is 0 Å². The molecule has 5 nitrogen and oxygen atoms in total. The number of benzene rings is 1. The third kappa shape index (κ3) is 9.01. The maximum atomic E-state index is 12.2. The number of nitrogens with zero attached hydrogens (tertiary/aromatic N) is 2. The zero-order valence-corrected chi connectivity index (χ0v) is 20.3.